The predicted molar refractivity (Wildman–Crippen MR) is 91.4 cm³/mol. The van der Waals surface area contributed by atoms with Crippen molar-refractivity contribution in [1.29, 1.82) is 0 Å². The van der Waals surface area contributed by atoms with Crippen LogP contribution in [0.5, 0.6) is 0 Å². The first kappa shape index (κ1) is 23.3. The third kappa shape index (κ3) is 7.92. The summed E-state index contributed by atoms with van der Waals surface area (Å²) in [4.78, 5) is 58.3. The largest absolute Gasteiger partial charge is 0.480 e. The molecular formula is C15H27N5O6. The van der Waals surface area contributed by atoms with E-state index in [0.717, 1.165) is 0 Å². The number of carbonyl (C=O) groups is 5. The minimum atomic E-state index is -1.38. The van der Waals surface area contributed by atoms with Crippen LogP contribution in [0.15, 0.2) is 0 Å². The Labute approximate surface area is 151 Å². The molecular weight excluding hydrogens is 346 g/mol. The van der Waals surface area contributed by atoms with E-state index in [9.17, 15) is 24.0 Å². The highest BCUT2D eigenvalue weighted by Crippen LogP contribution is 2.04. The summed E-state index contributed by atoms with van der Waals surface area (Å²) in [5.41, 5.74) is 10.5. The molecule has 0 saturated heterocycles. The van der Waals surface area contributed by atoms with Gasteiger partial charge in [0, 0.05) is 0 Å². The Morgan fingerprint density at radius 1 is 0.885 bits per heavy atom. The average Bonchev–Trinajstić information content (AvgIpc) is 2.50. The Bertz CT molecular complexity index is 563. The van der Waals surface area contributed by atoms with Crippen molar-refractivity contribution in [3.63, 3.8) is 0 Å². The summed E-state index contributed by atoms with van der Waals surface area (Å²) in [5.74, 6) is -4.66. The summed E-state index contributed by atoms with van der Waals surface area (Å²) in [6.45, 7) is 6.01. The van der Waals surface area contributed by atoms with Gasteiger partial charge in [0.25, 0.3) is 0 Å². The molecule has 0 bridgehead atoms. The van der Waals surface area contributed by atoms with Crippen LogP contribution in [0.1, 0.15) is 34.1 Å². The summed E-state index contributed by atoms with van der Waals surface area (Å²) >= 11 is 0. The lowest BCUT2D eigenvalue weighted by atomic mass is 10.0. The summed E-state index contributed by atoms with van der Waals surface area (Å²) < 4.78 is 0. The molecule has 0 aliphatic rings. The van der Waals surface area contributed by atoms with Gasteiger partial charge in [0.1, 0.15) is 18.1 Å². The summed E-state index contributed by atoms with van der Waals surface area (Å²) in [6.07, 6.45) is -0.532. The van der Waals surface area contributed by atoms with Crippen molar-refractivity contribution in [2.45, 2.75) is 58.3 Å². The number of nitrogens with one attached hydrogen (secondary N) is 3. The zero-order chi connectivity index (χ0) is 20.6. The van der Waals surface area contributed by atoms with Gasteiger partial charge < -0.3 is 32.5 Å². The maximum Gasteiger partial charge on any atom is 0.325 e. The molecule has 4 unspecified atom stereocenters. The number of carboxylic acid groups (broad SMARTS) is 1. The lowest BCUT2D eigenvalue weighted by Crippen LogP contribution is -2.58. The highest BCUT2D eigenvalue weighted by molar-refractivity contribution is 5.96. The van der Waals surface area contributed by atoms with Gasteiger partial charge >= 0.3 is 5.97 Å². The monoisotopic (exact) mass is 373 g/mol. The van der Waals surface area contributed by atoms with Crippen LogP contribution in [-0.2, 0) is 24.0 Å². The number of hydrogen-bond acceptors (Lipinski definition) is 6. The summed E-state index contributed by atoms with van der Waals surface area (Å²) in [6, 6.07) is -4.46. The quantitative estimate of drug-likeness (QED) is 0.242. The predicted octanol–water partition coefficient (Wildman–Crippen LogP) is -2.58. The van der Waals surface area contributed by atoms with Gasteiger partial charge in [-0.3, -0.25) is 24.0 Å². The van der Waals surface area contributed by atoms with Crippen LogP contribution >= 0.6 is 0 Å². The molecule has 0 rings (SSSR count). The van der Waals surface area contributed by atoms with Crippen LogP contribution in [0, 0.1) is 5.92 Å². The first-order valence-electron chi connectivity index (χ1n) is 8.04. The number of rotatable bonds is 10. The maximum atomic E-state index is 12.4. The van der Waals surface area contributed by atoms with Crippen molar-refractivity contribution < 1.29 is 29.1 Å². The van der Waals surface area contributed by atoms with Gasteiger partial charge in [-0.15, -0.1) is 0 Å². The zero-order valence-corrected chi connectivity index (χ0v) is 15.2. The van der Waals surface area contributed by atoms with E-state index >= 15 is 0 Å². The number of primary amides is 1. The number of aliphatic carboxylic acids is 1. The number of hydrogen-bond donors (Lipinski definition) is 6. The molecule has 0 saturated carbocycles. The van der Waals surface area contributed by atoms with Gasteiger partial charge in [-0.05, 0) is 19.8 Å². The molecule has 8 N–H and O–H groups in total. The van der Waals surface area contributed by atoms with E-state index < -0.39 is 60.2 Å². The van der Waals surface area contributed by atoms with Crippen LogP contribution in [0.3, 0.4) is 0 Å². The highest BCUT2D eigenvalue weighted by Gasteiger charge is 2.31. The SMILES string of the molecule is CC(N)C(=O)NC(C(=O)NC(CC(N)=O)C(=O)NC(C)C(=O)O)C(C)C. The normalized spacial score (nSPS) is 15.3. The number of carbonyl (C=O) groups excluding carboxylic acids is 4. The fourth-order valence-corrected chi connectivity index (χ4v) is 1.87. The molecule has 0 aromatic rings. The highest BCUT2D eigenvalue weighted by atomic mass is 16.4. The van der Waals surface area contributed by atoms with Crippen molar-refractivity contribution in [2.75, 3.05) is 0 Å². The Morgan fingerprint density at radius 3 is 1.81 bits per heavy atom. The first-order valence-corrected chi connectivity index (χ1v) is 8.04. The van der Waals surface area contributed by atoms with E-state index in [-0.39, 0.29) is 5.92 Å². The van der Waals surface area contributed by atoms with Gasteiger partial charge in [0.2, 0.25) is 23.6 Å². The summed E-state index contributed by atoms with van der Waals surface area (Å²) in [5, 5.41) is 15.8. The first-order chi connectivity index (χ1) is 11.9. The molecule has 0 spiro atoms. The third-order valence-electron chi connectivity index (χ3n) is 3.43. The molecule has 11 nitrogen and oxygen atoms in total. The molecule has 0 aliphatic carbocycles. The molecule has 4 atom stereocenters. The second-order valence-corrected chi connectivity index (χ2v) is 6.32. The molecule has 0 fully saturated rings. The lowest BCUT2D eigenvalue weighted by Gasteiger charge is -2.25. The van der Waals surface area contributed by atoms with Gasteiger partial charge in [-0.1, -0.05) is 13.8 Å². The Kier molecular flexibility index (Phi) is 9.27. The van der Waals surface area contributed by atoms with Crippen molar-refractivity contribution >= 4 is 29.6 Å². The van der Waals surface area contributed by atoms with Gasteiger partial charge in [-0.25, -0.2) is 0 Å². The molecule has 0 heterocycles. The smallest absolute Gasteiger partial charge is 0.325 e. The molecule has 11 heteroatoms. The van der Waals surface area contributed by atoms with Crippen molar-refractivity contribution in [3.8, 4) is 0 Å². The summed E-state index contributed by atoms with van der Waals surface area (Å²) in [7, 11) is 0. The molecule has 0 radical (unpaired) electrons. The topological polar surface area (TPSA) is 194 Å². The maximum absolute atomic E-state index is 12.4. The molecule has 4 amide bonds. The molecule has 148 valence electrons. The average molecular weight is 373 g/mol. The van der Waals surface area contributed by atoms with Gasteiger partial charge in [0.15, 0.2) is 0 Å². The van der Waals surface area contributed by atoms with E-state index in [1.165, 1.54) is 13.8 Å². The van der Waals surface area contributed by atoms with Gasteiger partial charge in [0.05, 0.1) is 12.5 Å². The van der Waals surface area contributed by atoms with Gasteiger partial charge in [-0.2, -0.15) is 0 Å². The number of amides is 4. The van der Waals surface area contributed by atoms with E-state index in [4.69, 9.17) is 16.6 Å². The molecule has 0 aromatic heterocycles. The second kappa shape index (κ2) is 10.3. The van der Waals surface area contributed by atoms with E-state index in [2.05, 4.69) is 16.0 Å². The Hall–Kier alpha value is -2.69. The van der Waals surface area contributed by atoms with Crippen LogP contribution < -0.4 is 27.4 Å². The Balaban J connectivity index is 5.24. The standard InChI is InChI=1S/C15H27N5O6/c1-6(2)11(20-12(22)7(3)16)14(24)19-9(5-10(17)21)13(23)18-8(4)15(25)26/h6-9,11H,5,16H2,1-4H3,(H2,17,21)(H,18,23)(H,19,24)(H,20,22)(H,25,26). The molecule has 0 aliphatic heterocycles. The Morgan fingerprint density at radius 2 is 1.42 bits per heavy atom. The van der Waals surface area contributed by atoms with Crippen molar-refractivity contribution in [3.05, 3.63) is 0 Å². The van der Waals surface area contributed by atoms with E-state index in [0.29, 0.717) is 0 Å². The van der Waals surface area contributed by atoms with E-state index in [1.807, 2.05) is 0 Å². The van der Waals surface area contributed by atoms with Crippen LogP contribution in [0.2, 0.25) is 0 Å². The third-order valence-corrected chi connectivity index (χ3v) is 3.43. The van der Waals surface area contributed by atoms with Crippen molar-refractivity contribution in [1.82, 2.24) is 16.0 Å². The fraction of sp³-hybridized carbons (Fsp3) is 0.667. The van der Waals surface area contributed by atoms with Crippen LogP contribution in [0.4, 0.5) is 0 Å². The lowest BCUT2D eigenvalue weighted by molar-refractivity contribution is -0.142. The van der Waals surface area contributed by atoms with E-state index in [1.54, 1.807) is 13.8 Å². The molecule has 26 heavy (non-hydrogen) atoms. The van der Waals surface area contributed by atoms with Crippen molar-refractivity contribution in [2.24, 2.45) is 17.4 Å². The number of carboxylic acids is 1. The van der Waals surface area contributed by atoms with Crippen LogP contribution in [-0.4, -0.2) is 58.9 Å². The zero-order valence-electron chi connectivity index (χ0n) is 15.2. The minimum Gasteiger partial charge on any atom is -0.480 e. The van der Waals surface area contributed by atoms with Crippen LogP contribution in [0.25, 0.3) is 0 Å². The molecule has 0 aromatic carbocycles. The number of nitrogens with two attached hydrogens (primary N) is 2. The second-order valence-electron chi connectivity index (χ2n) is 6.32. The fourth-order valence-electron chi connectivity index (χ4n) is 1.87. The minimum absolute atomic E-state index is 0.340.